The van der Waals surface area contributed by atoms with Crippen LogP contribution < -0.4 is 14.9 Å². The van der Waals surface area contributed by atoms with Crippen molar-refractivity contribution in [3.05, 3.63) is 112 Å². The summed E-state index contributed by atoms with van der Waals surface area (Å²) in [6.07, 6.45) is 3.95. The Morgan fingerprint density at radius 1 is 1.13 bits per heavy atom. The van der Waals surface area contributed by atoms with E-state index in [-0.39, 0.29) is 12.2 Å². The zero-order valence-electron chi connectivity index (χ0n) is 22.3. The lowest BCUT2D eigenvalue weighted by atomic mass is 9.96. The average Bonchev–Trinajstić information content (AvgIpc) is 3.38. The maximum Gasteiger partial charge on any atom is 0.338 e. The van der Waals surface area contributed by atoms with E-state index in [1.54, 1.807) is 30.2 Å². The minimum absolute atomic E-state index is 0.175. The number of allylic oxidation sites excluding steroid dienone is 1. The molecule has 0 amide bonds. The van der Waals surface area contributed by atoms with E-state index in [9.17, 15) is 9.59 Å². The number of ether oxygens (including phenoxy) is 1. The lowest BCUT2D eigenvalue weighted by molar-refractivity contribution is -0.139. The molecule has 9 heteroatoms. The molecule has 1 atom stereocenters. The lowest BCUT2D eigenvalue weighted by Gasteiger charge is -2.24. The van der Waals surface area contributed by atoms with E-state index in [0.717, 1.165) is 33.1 Å². The summed E-state index contributed by atoms with van der Waals surface area (Å²) in [4.78, 5) is 33.4. The van der Waals surface area contributed by atoms with Gasteiger partial charge in [0.25, 0.3) is 5.56 Å². The first-order valence-electron chi connectivity index (χ1n) is 12.5. The van der Waals surface area contributed by atoms with Gasteiger partial charge in [0.05, 0.1) is 28.5 Å². The van der Waals surface area contributed by atoms with Crippen molar-refractivity contribution in [2.45, 2.75) is 38.6 Å². The van der Waals surface area contributed by atoms with Gasteiger partial charge in [-0.15, -0.1) is 11.8 Å². The molecule has 1 aliphatic rings. The predicted molar refractivity (Wildman–Crippen MR) is 167 cm³/mol. The summed E-state index contributed by atoms with van der Waals surface area (Å²) in [7, 11) is 0. The maximum absolute atomic E-state index is 14.0. The first-order chi connectivity index (χ1) is 18.7. The van der Waals surface area contributed by atoms with Crippen molar-refractivity contribution < 1.29 is 9.53 Å². The van der Waals surface area contributed by atoms with Crippen LogP contribution in [0.25, 0.3) is 11.8 Å². The standard InChI is InChI=1S/C30H28IN3O3S2/c1-6-37-29(36)26-18(3)32-30-34(27(26)20-7-13-24(38-5)14-8-20)28(35)25(39-30)16-21-15-17(2)33(19(21)4)23-11-9-22(31)10-12-23/h7-16,27H,6H2,1-5H3/b25-16-/t27-/m1/s1. The molecule has 3 heterocycles. The van der Waals surface area contributed by atoms with Crippen molar-refractivity contribution in [3.8, 4) is 5.69 Å². The van der Waals surface area contributed by atoms with Gasteiger partial charge < -0.3 is 9.30 Å². The molecule has 0 saturated heterocycles. The number of thioether (sulfide) groups is 1. The quantitative estimate of drug-likeness (QED) is 0.154. The normalized spacial score (nSPS) is 15.3. The molecule has 0 spiro atoms. The Labute approximate surface area is 248 Å². The number of carbonyl (C=O) groups excluding carboxylic acids is 1. The summed E-state index contributed by atoms with van der Waals surface area (Å²) < 4.78 is 11.0. The van der Waals surface area contributed by atoms with Crippen molar-refractivity contribution in [1.82, 2.24) is 9.13 Å². The smallest absolute Gasteiger partial charge is 0.338 e. The molecule has 2 aromatic carbocycles. The SMILES string of the molecule is CCOC(=O)C1=C(C)N=c2s/c(=C\c3cc(C)n(-c4ccc(I)cc4)c3C)c(=O)n2[C@@H]1c1ccc(SC)cc1. The van der Waals surface area contributed by atoms with Crippen LogP contribution in [-0.2, 0) is 9.53 Å². The van der Waals surface area contributed by atoms with Crippen LogP contribution in [0.4, 0.5) is 0 Å². The highest BCUT2D eigenvalue weighted by molar-refractivity contribution is 14.1. The van der Waals surface area contributed by atoms with Gasteiger partial charge in [-0.3, -0.25) is 9.36 Å². The molecule has 0 N–H and O–H groups in total. The first kappa shape index (κ1) is 27.7. The number of hydrogen-bond donors (Lipinski definition) is 0. The van der Waals surface area contributed by atoms with Gasteiger partial charge in [-0.2, -0.15) is 0 Å². The van der Waals surface area contributed by atoms with Crippen LogP contribution in [0.3, 0.4) is 0 Å². The summed E-state index contributed by atoms with van der Waals surface area (Å²) in [6, 6.07) is 17.8. The average molecular weight is 670 g/mol. The van der Waals surface area contributed by atoms with Crippen molar-refractivity contribution in [2.24, 2.45) is 4.99 Å². The molecule has 0 aliphatic carbocycles. The van der Waals surface area contributed by atoms with E-state index in [0.29, 0.717) is 20.6 Å². The number of carbonyl (C=O) groups is 1. The number of nitrogens with zero attached hydrogens (tertiary/aromatic N) is 3. The number of halogens is 1. The molecule has 0 saturated carbocycles. The molecular formula is C30H28IN3O3S2. The highest BCUT2D eigenvalue weighted by Crippen LogP contribution is 2.32. The van der Waals surface area contributed by atoms with E-state index in [1.165, 1.54) is 14.9 Å². The van der Waals surface area contributed by atoms with E-state index in [2.05, 4.69) is 71.3 Å². The summed E-state index contributed by atoms with van der Waals surface area (Å²) in [5.41, 5.74) is 5.81. The number of fused-ring (bicyclic) bond motifs is 1. The molecule has 1 aliphatic heterocycles. The van der Waals surface area contributed by atoms with Gasteiger partial charge in [-0.05, 0) is 116 Å². The summed E-state index contributed by atoms with van der Waals surface area (Å²) in [5, 5.41) is 0. The number of benzene rings is 2. The second-order valence-electron chi connectivity index (χ2n) is 9.21. The Kier molecular flexibility index (Phi) is 8.02. The van der Waals surface area contributed by atoms with Gasteiger partial charge in [0.15, 0.2) is 4.80 Å². The Morgan fingerprint density at radius 2 is 1.82 bits per heavy atom. The van der Waals surface area contributed by atoms with E-state index >= 15 is 0 Å². The molecule has 0 fully saturated rings. The zero-order chi connectivity index (χ0) is 27.8. The van der Waals surface area contributed by atoms with E-state index < -0.39 is 12.0 Å². The van der Waals surface area contributed by atoms with E-state index in [1.807, 2.05) is 36.6 Å². The van der Waals surface area contributed by atoms with Gasteiger partial charge in [0, 0.05) is 25.5 Å². The summed E-state index contributed by atoms with van der Waals surface area (Å²) in [5.74, 6) is -0.451. The number of hydrogen-bond acceptors (Lipinski definition) is 6. The van der Waals surface area contributed by atoms with Gasteiger partial charge in [0.1, 0.15) is 0 Å². The van der Waals surface area contributed by atoms with Crippen LogP contribution in [0.1, 0.15) is 42.4 Å². The molecule has 2 aromatic heterocycles. The fourth-order valence-electron chi connectivity index (χ4n) is 4.96. The number of thiazole rings is 1. The zero-order valence-corrected chi connectivity index (χ0v) is 26.1. The summed E-state index contributed by atoms with van der Waals surface area (Å²) >= 11 is 5.29. The Bertz CT molecular complexity index is 1780. The molecule has 0 unspecified atom stereocenters. The maximum atomic E-state index is 14.0. The molecule has 39 heavy (non-hydrogen) atoms. The molecule has 200 valence electrons. The number of aryl methyl sites for hydroxylation is 1. The highest BCUT2D eigenvalue weighted by atomic mass is 127. The monoisotopic (exact) mass is 669 g/mol. The van der Waals surface area contributed by atoms with E-state index in [4.69, 9.17) is 9.73 Å². The van der Waals surface area contributed by atoms with Crippen molar-refractivity contribution in [3.63, 3.8) is 0 Å². The fraction of sp³-hybridized carbons (Fsp3) is 0.233. The van der Waals surface area contributed by atoms with Crippen molar-refractivity contribution in [1.29, 1.82) is 0 Å². The van der Waals surface area contributed by atoms with Crippen LogP contribution in [0.2, 0.25) is 0 Å². The van der Waals surface area contributed by atoms with Gasteiger partial charge in [0.2, 0.25) is 0 Å². The fourth-order valence-corrected chi connectivity index (χ4v) is 6.76. The third kappa shape index (κ3) is 5.19. The molecule has 0 bridgehead atoms. The van der Waals surface area contributed by atoms with Crippen LogP contribution in [0.15, 0.2) is 80.5 Å². The Hall–Kier alpha value is -2.89. The van der Waals surface area contributed by atoms with Crippen LogP contribution >= 0.6 is 45.7 Å². The Balaban J connectivity index is 1.68. The minimum atomic E-state index is -0.613. The number of rotatable bonds is 6. The first-order valence-corrected chi connectivity index (χ1v) is 15.6. The largest absolute Gasteiger partial charge is 0.463 e. The van der Waals surface area contributed by atoms with Gasteiger partial charge >= 0.3 is 5.97 Å². The van der Waals surface area contributed by atoms with Crippen LogP contribution in [0, 0.1) is 17.4 Å². The number of esters is 1. The minimum Gasteiger partial charge on any atom is -0.463 e. The molecule has 0 radical (unpaired) electrons. The highest BCUT2D eigenvalue weighted by Gasteiger charge is 2.33. The second-order valence-corrected chi connectivity index (χ2v) is 12.3. The second kappa shape index (κ2) is 11.3. The molecular weight excluding hydrogens is 641 g/mol. The molecule has 6 nitrogen and oxygen atoms in total. The van der Waals surface area contributed by atoms with Crippen molar-refractivity contribution >= 4 is 57.7 Å². The molecule has 5 rings (SSSR count). The lowest BCUT2D eigenvalue weighted by Crippen LogP contribution is -2.39. The topological polar surface area (TPSA) is 65.6 Å². The van der Waals surface area contributed by atoms with Crippen LogP contribution in [0.5, 0.6) is 0 Å². The number of aromatic nitrogens is 2. The molecule has 4 aromatic rings. The van der Waals surface area contributed by atoms with Crippen LogP contribution in [-0.4, -0.2) is 28.0 Å². The third-order valence-corrected chi connectivity index (χ3v) is 9.24. The Morgan fingerprint density at radius 3 is 2.46 bits per heavy atom. The van der Waals surface area contributed by atoms with Gasteiger partial charge in [-0.25, -0.2) is 9.79 Å². The predicted octanol–water partition coefficient (Wildman–Crippen LogP) is 5.53. The summed E-state index contributed by atoms with van der Waals surface area (Å²) in [6.45, 7) is 7.96. The van der Waals surface area contributed by atoms with Gasteiger partial charge in [-0.1, -0.05) is 23.5 Å². The third-order valence-electron chi connectivity index (χ3n) is 6.79. The van der Waals surface area contributed by atoms with Crippen molar-refractivity contribution in [2.75, 3.05) is 12.9 Å².